The van der Waals surface area contributed by atoms with E-state index in [1.165, 1.54) is 0 Å². The second-order valence-electron chi connectivity index (χ2n) is 3.96. The molecule has 1 aromatic heterocycles. The van der Waals surface area contributed by atoms with Gasteiger partial charge >= 0.3 is 5.97 Å². The summed E-state index contributed by atoms with van der Waals surface area (Å²) in [6.07, 6.45) is 0. The molecule has 0 aliphatic heterocycles. The zero-order valence-corrected chi connectivity index (χ0v) is 13.4. The van der Waals surface area contributed by atoms with E-state index in [9.17, 15) is 13.2 Å². The van der Waals surface area contributed by atoms with E-state index < -0.39 is 16.0 Å². The Hall–Kier alpha value is -1.12. The van der Waals surface area contributed by atoms with E-state index in [4.69, 9.17) is 9.47 Å². The van der Waals surface area contributed by atoms with Crippen LogP contribution in [0.2, 0.25) is 0 Å². The molecule has 0 saturated heterocycles. The molecular formula is C12H19NO5S2. The Morgan fingerprint density at radius 1 is 1.35 bits per heavy atom. The second-order valence-corrected chi connectivity index (χ2v) is 6.86. The maximum atomic E-state index is 11.8. The number of nitrogens with one attached hydrogen (secondary N) is 1. The van der Waals surface area contributed by atoms with Gasteiger partial charge in [0.2, 0.25) is 10.0 Å². The van der Waals surface area contributed by atoms with Gasteiger partial charge in [-0.05, 0) is 32.4 Å². The molecule has 0 aromatic carbocycles. The zero-order chi connectivity index (χ0) is 15.2. The number of esters is 1. The van der Waals surface area contributed by atoms with Crippen molar-refractivity contribution in [1.29, 1.82) is 0 Å². The molecule has 0 spiro atoms. The second kappa shape index (κ2) is 7.61. The lowest BCUT2D eigenvalue weighted by Gasteiger charge is -2.05. The molecule has 0 radical (unpaired) electrons. The predicted octanol–water partition coefficient (Wildman–Crippen LogP) is 2.01. The van der Waals surface area contributed by atoms with Crippen LogP contribution in [0.3, 0.4) is 0 Å². The third kappa shape index (κ3) is 5.10. The van der Waals surface area contributed by atoms with Crippen LogP contribution in [0.15, 0.2) is 6.07 Å². The molecule has 1 N–H and O–H groups in total. The number of hydrogen-bond acceptors (Lipinski definition) is 6. The Kier molecular flexibility index (Phi) is 6.44. The standard InChI is InChI=1S/C12H19NO5S2/c1-4-17-6-7-20(15,16)13-10-8-9(3)11(19-10)12(14)18-5-2/h8,13H,4-7H2,1-3H3. The highest BCUT2D eigenvalue weighted by Crippen LogP contribution is 2.28. The lowest BCUT2D eigenvalue weighted by molar-refractivity contribution is 0.0531. The molecule has 0 aliphatic carbocycles. The molecule has 0 atom stereocenters. The highest BCUT2D eigenvalue weighted by atomic mass is 32.2. The van der Waals surface area contributed by atoms with Crippen molar-refractivity contribution in [2.24, 2.45) is 0 Å². The average Bonchev–Trinajstić information content (AvgIpc) is 2.69. The third-order valence-corrected chi connectivity index (χ3v) is 4.83. The molecule has 0 amide bonds. The first-order valence-corrected chi connectivity index (χ1v) is 8.72. The van der Waals surface area contributed by atoms with Crippen molar-refractivity contribution in [3.8, 4) is 0 Å². The van der Waals surface area contributed by atoms with Crippen LogP contribution in [0.1, 0.15) is 29.1 Å². The van der Waals surface area contributed by atoms with Gasteiger partial charge in [-0.1, -0.05) is 0 Å². The number of ether oxygens (including phenoxy) is 2. The van der Waals surface area contributed by atoms with E-state index in [1.807, 2.05) is 0 Å². The highest BCUT2D eigenvalue weighted by Gasteiger charge is 2.17. The topological polar surface area (TPSA) is 81.7 Å². The summed E-state index contributed by atoms with van der Waals surface area (Å²) in [7, 11) is -3.46. The molecule has 1 aromatic rings. The summed E-state index contributed by atoms with van der Waals surface area (Å²) in [6.45, 7) is 6.15. The largest absolute Gasteiger partial charge is 0.462 e. The molecule has 0 bridgehead atoms. The molecule has 1 heterocycles. The summed E-state index contributed by atoms with van der Waals surface area (Å²) < 4.78 is 35.9. The first kappa shape index (κ1) is 16.9. The van der Waals surface area contributed by atoms with Gasteiger partial charge in [0.05, 0.1) is 19.0 Å². The normalized spacial score (nSPS) is 11.3. The Morgan fingerprint density at radius 3 is 2.65 bits per heavy atom. The van der Waals surface area contributed by atoms with Crippen molar-refractivity contribution in [1.82, 2.24) is 0 Å². The molecule has 6 nitrogen and oxygen atoms in total. The van der Waals surface area contributed by atoms with Crippen molar-refractivity contribution in [3.05, 3.63) is 16.5 Å². The molecular weight excluding hydrogens is 302 g/mol. The number of thiophene rings is 1. The maximum Gasteiger partial charge on any atom is 0.348 e. The van der Waals surface area contributed by atoms with Gasteiger partial charge in [-0.2, -0.15) is 0 Å². The summed E-state index contributed by atoms with van der Waals surface area (Å²) in [5.74, 6) is -0.554. The number of rotatable bonds is 8. The summed E-state index contributed by atoms with van der Waals surface area (Å²) in [6, 6.07) is 1.62. The number of carbonyl (C=O) groups is 1. The van der Waals surface area contributed by atoms with Gasteiger partial charge in [0.25, 0.3) is 0 Å². The van der Waals surface area contributed by atoms with Gasteiger partial charge < -0.3 is 9.47 Å². The molecule has 114 valence electrons. The van der Waals surface area contributed by atoms with E-state index in [0.717, 1.165) is 11.3 Å². The SMILES string of the molecule is CCOCCS(=O)(=O)Nc1cc(C)c(C(=O)OCC)s1. The first-order valence-electron chi connectivity index (χ1n) is 6.25. The van der Waals surface area contributed by atoms with Gasteiger partial charge in [0.15, 0.2) is 0 Å². The van der Waals surface area contributed by atoms with Gasteiger partial charge in [-0.3, -0.25) is 4.72 Å². The fraction of sp³-hybridized carbons (Fsp3) is 0.583. The van der Waals surface area contributed by atoms with Crippen LogP contribution in [0.5, 0.6) is 0 Å². The number of sulfonamides is 1. The lowest BCUT2D eigenvalue weighted by Crippen LogP contribution is -2.19. The molecule has 8 heteroatoms. The van der Waals surface area contributed by atoms with Crippen LogP contribution in [-0.4, -0.2) is 40.0 Å². The average molecular weight is 321 g/mol. The minimum atomic E-state index is -3.46. The van der Waals surface area contributed by atoms with Crippen LogP contribution in [0.4, 0.5) is 5.00 Å². The smallest absolute Gasteiger partial charge is 0.348 e. The van der Waals surface area contributed by atoms with Crippen molar-refractivity contribution < 1.29 is 22.7 Å². The zero-order valence-electron chi connectivity index (χ0n) is 11.8. The predicted molar refractivity (Wildman–Crippen MR) is 78.9 cm³/mol. The van der Waals surface area contributed by atoms with E-state index in [0.29, 0.717) is 22.0 Å². The van der Waals surface area contributed by atoms with Crippen LogP contribution < -0.4 is 4.72 Å². The van der Waals surface area contributed by atoms with Crippen molar-refractivity contribution in [2.45, 2.75) is 20.8 Å². The van der Waals surface area contributed by atoms with Crippen LogP contribution in [-0.2, 0) is 19.5 Å². The number of anilines is 1. The highest BCUT2D eigenvalue weighted by molar-refractivity contribution is 7.92. The maximum absolute atomic E-state index is 11.8. The van der Waals surface area contributed by atoms with E-state index in [-0.39, 0.29) is 19.0 Å². The molecule has 20 heavy (non-hydrogen) atoms. The summed E-state index contributed by atoms with van der Waals surface area (Å²) in [5.41, 5.74) is 0.691. The van der Waals surface area contributed by atoms with E-state index >= 15 is 0 Å². The van der Waals surface area contributed by atoms with Crippen LogP contribution >= 0.6 is 11.3 Å². The number of hydrogen-bond donors (Lipinski definition) is 1. The van der Waals surface area contributed by atoms with E-state index in [2.05, 4.69) is 4.72 Å². The Morgan fingerprint density at radius 2 is 2.05 bits per heavy atom. The quantitative estimate of drug-likeness (QED) is 0.585. The van der Waals surface area contributed by atoms with Crippen molar-refractivity contribution in [2.75, 3.05) is 30.3 Å². The van der Waals surface area contributed by atoms with Gasteiger partial charge in [-0.25, -0.2) is 13.2 Å². The minimum absolute atomic E-state index is 0.119. The first-order chi connectivity index (χ1) is 9.39. The van der Waals surface area contributed by atoms with E-state index in [1.54, 1.807) is 26.8 Å². The lowest BCUT2D eigenvalue weighted by atomic mass is 10.3. The number of aryl methyl sites for hydroxylation is 1. The third-order valence-electron chi connectivity index (χ3n) is 2.34. The van der Waals surface area contributed by atoms with Crippen LogP contribution in [0.25, 0.3) is 0 Å². The Balaban J connectivity index is 2.74. The molecule has 0 saturated carbocycles. The van der Waals surface area contributed by atoms with Gasteiger partial charge in [0.1, 0.15) is 9.88 Å². The monoisotopic (exact) mass is 321 g/mol. The Labute approximate surface area is 123 Å². The fourth-order valence-electron chi connectivity index (χ4n) is 1.45. The molecule has 1 rings (SSSR count). The summed E-state index contributed by atoms with van der Waals surface area (Å²) in [4.78, 5) is 12.1. The molecule has 0 fully saturated rings. The number of carbonyl (C=O) groups excluding carboxylic acids is 1. The molecule has 0 unspecified atom stereocenters. The van der Waals surface area contributed by atoms with Crippen LogP contribution in [0, 0.1) is 6.92 Å². The Bertz CT molecular complexity index is 550. The van der Waals surface area contributed by atoms with Gasteiger partial charge in [0, 0.05) is 6.61 Å². The summed E-state index contributed by atoms with van der Waals surface area (Å²) >= 11 is 1.07. The molecule has 0 aliphatic rings. The van der Waals surface area contributed by atoms with Crippen molar-refractivity contribution >= 4 is 32.3 Å². The minimum Gasteiger partial charge on any atom is -0.462 e. The van der Waals surface area contributed by atoms with Crippen molar-refractivity contribution in [3.63, 3.8) is 0 Å². The van der Waals surface area contributed by atoms with Gasteiger partial charge in [-0.15, -0.1) is 11.3 Å². The fourth-order valence-corrected chi connectivity index (χ4v) is 3.62. The summed E-state index contributed by atoms with van der Waals surface area (Å²) in [5, 5.41) is 0.405.